The Kier molecular flexibility index (Phi) is 17.4. The highest BCUT2D eigenvalue weighted by Gasteiger charge is 2.64. The summed E-state index contributed by atoms with van der Waals surface area (Å²) in [6, 6.07) is 20.9. The minimum atomic E-state index is -0.939. The number of aliphatic hydroxyl groups is 1. The molecular weight excluding hydrogens is 912 g/mol. The second-order valence-corrected chi connectivity index (χ2v) is 22.4. The van der Waals surface area contributed by atoms with Gasteiger partial charge in [0.05, 0.1) is 32.8 Å². The Hall–Kier alpha value is -5.33. The van der Waals surface area contributed by atoms with Crippen LogP contribution >= 0.6 is 22.9 Å². The van der Waals surface area contributed by atoms with Crippen LogP contribution in [-0.4, -0.2) is 88.7 Å². The van der Waals surface area contributed by atoms with Crippen LogP contribution in [0.1, 0.15) is 133 Å². The largest absolute Gasteiger partial charge is 0.489 e. The maximum absolute atomic E-state index is 14.0. The molecule has 13 nitrogen and oxygen atoms in total. The number of amides is 4. The van der Waals surface area contributed by atoms with Crippen molar-refractivity contribution >= 4 is 46.6 Å². The van der Waals surface area contributed by atoms with Gasteiger partial charge in [-0.15, -0.1) is 11.3 Å². The highest BCUT2D eigenvalue weighted by molar-refractivity contribution is 7.13. The molecule has 1 aliphatic carbocycles. The summed E-state index contributed by atoms with van der Waals surface area (Å²) < 4.78 is 12.1. The van der Waals surface area contributed by atoms with Crippen molar-refractivity contribution in [1.82, 2.24) is 25.8 Å². The quantitative estimate of drug-likeness (QED) is 0.0628. The molecule has 0 bridgehead atoms. The molecule has 3 aromatic carbocycles. The first-order valence-electron chi connectivity index (χ1n) is 24.0. The molecule has 4 amide bonds. The van der Waals surface area contributed by atoms with Crippen LogP contribution in [0.2, 0.25) is 5.02 Å². The molecule has 4 N–H and O–H groups in total. The van der Waals surface area contributed by atoms with Crippen molar-refractivity contribution in [2.45, 2.75) is 144 Å². The van der Waals surface area contributed by atoms with E-state index in [1.165, 1.54) is 4.90 Å². The second kappa shape index (κ2) is 22.6. The smallest absolute Gasteiger partial charge is 0.251 e. The normalized spacial score (nSPS) is 19.8. The lowest BCUT2D eigenvalue weighted by atomic mass is 9.49. The number of ether oxygens (including phenoxy) is 2. The number of unbranched alkanes of at least 4 members (excludes halogenated alkanes) is 3. The van der Waals surface area contributed by atoms with Crippen molar-refractivity contribution < 1.29 is 33.8 Å². The van der Waals surface area contributed by atoms with Crippen molar-refractivity contribution in [3.63, 3.8) is 0 Å². The highest BCUT2D eigenvalue weighted by atomic mass is 35.5. The number of carbonyl (C=O) groups is 4. The Morgan fingerprint density at radius 2 is 1.62 bits per heavy atom. The van der Waals surface area contributed by atoms with Gasteiger partial charge >= 0.3 is 0 Å². The molecule has 4 aromatic rings. The molecule has 0 unspecified atom stereocenters. The molecule has 6 rings (SSSR count). The van der Waals surface area contributed by atoms with E-state index < -0.39 is 35.4 Å². The lowest BCUT2D eigenvalue weighted by molar-refractivity contribution is -0.164. The van der Waals surface area contributed by atoms with E-state index in [-0.39, 0.29) is 60.9 Å². The molecule has 370 valence electrons. The first kappa shape index (κ1) is 53.0. The number of nitrogens with zero attached hydrogens (tertiary/aromatic N) is 3. The Labute approximate surface area is 416 Å². The van der Waals surface area contributed by atoms with Crippen LogP contribution in [0.3, 0.4) is 0 Å². The van der Waals surface area contributed by atoms with Crippen molar-refractivity contribution in [3.05, 3.63) is 105 Å². The van der Waals surface area contributed by atoms with E-state index in [1.807, 2.05) is 74.8 Å². The SMILES string of the molecule is CC(C)c1ncsc1-c1ccc(CNC(=O)[C@@H]2C[C@@H](O)CN2C(=O)[C@@H](NC(=O)COCCCCCCc2ccc(C(=O)NC3C(C)(C)C(Oc4ccc(C#N)c(Cl)c4)C3(C)C)cc2)C(C)(C)C)cc1. The molecule has 1 saturated heterocycles. The van der Waals surface area contributed by atoms with Gasteiger partial charge in [0.1, 0.15) is 36.6 Å². The number of nitrogens with one attached hydrogen (secondary N) is 3. The lowest BCUT2D eigenvalue weighted by Crippen LogP contribution is -2.74. The van der Waals surface area contributed by atoms with Crippen LogP contribution in [0.25, 0.3) is 10.4 Å². The zero-order valence-electron chi connectivity index (χ0n) is 41.5. The fourth-order valence-corrected chi connectivity index (χ4v) is 11.1. The first-order chi connectivity index (χ1) is 32.6. The zero-order chi connectivity index (χ0) is 50.3. The van der Waals surface area contributed by atoms with Gasteiger partial charge < -0.3 is 35.4 Å². The van der Waals surface area contributed by atoms with Crippen LogP contribution in [0.5, 0.6) is 5.75 Å². The Morgan fingerprint density at radius 3 is 2.26 bits per heavy atom. The third-order valence-corrected chi connectivity index (χ3v) is 14.7. The van der Waals surface area contributed by atoms with Gasteiger partial charge in [-0.25, -0.2) is 4.98 Å². The van der Waals surface area contributed by atoms with Crippen molar-refractivity contribution in [1.29, 1.82) is 5.26 Å². The minimum Gasteiger partial charge on any atom is -0.489 e. The number of aliphatic hydroxyl groups excluding tert-OH is 1. The summed E-state index contributed by atoms with van der Waals surface area (Å²) in [6.07, 6.45) is 3.53. The molecule has 69 heavy (non-hydrogen) atoms. The average molecular weight is 982 g/mol. The molecule has 2 fully saturated rings. The van der Waals surface area contributed by atoms with Gasteiger partial charge in [-0.1, -0.05) is 123 Å². The molecular formula is C54H69ClN6O7S. The van der Waals surface area contributed by atoms with E-state index in [4.69, 9.17) is 21.1 Å². The van der Waals surface area contributed by atoms with E-state index >= 15 is 0 Å². The number of nitriles is 1. The number of aryl methyl sites for hydroxylation is 1. The topological polar surface area (TPSA) is 183 Å². The third-order valence-electron chi connectivity index (χ3n) is 13.5. The number of likely N-dealkylation sites (tertiary alicyclic amines) is 1. The minimum absolute atomic E-state index is 0.00397. The number of aromatic nitrogens is 1. The summed E-state index contributed by atoms with van der Waals surface area (Å²) in [5.74, 6) is -0.446. The number of hydrogen-bond acceptors (Lipinski definition) is 10. The van der Waals surface area contributed by atoms with E-state index in [0.717, 1.165) is 59.4 Å². The predicted octanol–water partition coefficient (Wildman–Crippen LogP) is 9.00. The lowest BCUT2D eigenvalue weighted by Gasteiger charge is -2.63. The number of hydrogen-bond donors (Lipinski definition) is 4. The Balaban J connectivity index is 0.882. The summed E-state index contributed by atoms with van der Waals surface area (Å²) in [5.41, 5.74) is 5.60. The van der Waals surface area contributed by atoms with E-state index in [1.54, 1.807) is 29.5 Å². The van der Waals surface area contributed by atoms with Crippen molar-refractivity contribution in [2.75, 3.05) is 19.8 Å². The number of thiazole rings is 1. The highest BCUT2D eigenvalue weighted by Crippen LogP contribution is 2.55. The Morgan fingerprint density at radius 1 is 0.957 bits per heavy atom. The molecule has 2 heterocycles. The van der Waals surface area contributed by atoms with E-state index in [2.05, 4.69) is 68.5 Å². The van der Waals surface area contributed by atoms with Gasteiger partial charge in [-0.2, -0.15) is 5.26 Å². The van der Waals surface area contributed by atoms with Crippen LogP contribution in [0.4, 0.5) is 0 Å². The fraction of sp³-hybridized carbons (Fsp3) is 0.519. The number of rotatable bonds is 20. The number of carbonyl (C=O) groups excluding carboxylic acids is 4. The summed E-state index contributed by atoms with van der Waals surface area (Å²) >= 11 is 7.85. The Bertz CT molecular complexity index is 2460. The van der Waals surface area contributed by atoms with Gasteiger partial charge in [-0.05, 0) is 71.6 Å². The first-order valence-corrected chi connectivity index (χ1v) is 25.3. The van der Waals surface area contributed by atoms with Crippen LogP contribution in [-0.2, 0) is 32.1 Å². The molecule has 1 saturated carbocycles. The molecule has 2 aliphatic rings. The average Bonchev–Trinajstić information content (AvgIpc) is 3.96. The van der Waals surface area contributed by atoms with Crippen LogP contribution in [0.15, 0.2) is 72.2 Å². The van der Waals surface area contributed by atoms with Crippen LogP contribution < -0.4 is 20.7 Å². The summed E-state index contributed by atoms with van der Waals surface area (Å²) in [6.45, 7) is 18.6. The molecule has 0 spiro atoms. The molecule has 3 atom stereocenters. The summed E-state index contributed by atoms with van der Waals surface area (Å²) in [4.78, 5) is 61.1. The second-order valence-electron chi connectivity index (χ2n) is 21.1. The molecule has 1 aromatic heterocycles. The maximum atomic E-state index is 14.0. The molecule has 15 heteroatoms. The summed E-state index contributed by atoms with van der Waals surface area (Å²) in [5, 5.41) is 29.2. The number of benzene rings is 3. The monoisotopic (exact) mass is 980 g/mol. The van der Waals surface area contributed by atoms with Crippen LogP contribution in [0, 0.1) is 27.6 Å². The van der Waals surface area contributed by atoms with Gasteiger partial charge in [0.25, 0.3) is 5.91 Å². The summed E-state index contributed by atoms with van der Waals surface area (Å²) in [7, 11) is 0. The van der Waals surface area contributed by atoms with E-state index in [0.29, 0.717) is 34.4 Å². The molecule has 0 radical (unpaired) electrons. The predicted molar refractivity (Wildman–Crippen MR) is 270 cm³/mol. The number of halogens is 1. The number of β-amino-alcohol motifs (C(OH)–C–C–N with tert-alkyl or cyclic N) is 1. The van der Waals surface area contributed by atoms with Gasteiger partial charge in [-0.3, -0.25) is 19.2 Å². The van der Waals surface area contributed by atoms with Gasteiger partial charge in [0.2, 0.25) is 17.7 Å². The standard InChI is InChI=1S/C54H69ClN6O7S/c1-33(2)44-45(69-32-58-44)36-19-17-35(18-20-36)29-57-48(65)42-26-39(62)30-61(42)49(66)46(52(3,4)5)59-43(63)31-67-25-13-11-10-12-14-34-15-21-37(22-16-34)47(64)60-50-53(6,7)51(54(50,8)9)68-40-24-23-38(28-56)41(55)27-40/h15-24,27,32-33,39,42,46,50-51,62H,10-14,25-26,29-31H2,1-9H3,(H,57,65)(H,59,63)(H,60,64)/t39-,42+,46-,50?,51?/m1/s1. The fourth-order valence-electron chi connectivity index (χ4n) is 9.97. The maximum Gasteiger partial charge on any atom is 0.251 e. The van der Waals surface area contributed by atoms with Gasteiger partial charge in [0.15, 0.2) is 0 Å². The third kappa shape index (κ3) is 12.9. The van der Waals surface area contributed by atoms with Gasteiger partial charge in [0, 0.05) is 54.6 Å². The van der Waals surface area contributed by atoms with Crippen molar-refractivity contribution in [3.8, 4) is 22.3 Å². The molecule has 1 aliphatic heterocycles. The van der Waals surface area contributed by atoms with Crippen molar-refractivity contribution in [2.24, 2.45) is 16.2 Å². The zero-order valence-corrected chi connectivity index (χ0v) is 43.1. The van der Waals surface area contributed by atoms with E-state index in [9.17, 15) is 29.5 Å².